The fourth-order valence-corrected chi connectivity index (χ4v) is 2.17. The molecular weight excluding hydrogens is 208 g/mol. The van der Waals surface area contributed by atoms with Gasteiger partial charge in [0.25, 0.3) is 0 Å². The smallest absolute Gasteiger partial charge is 0.0692 e. The normalized spacial score (nSPS) is 13.2. The van der Waals surface area contributed by atoms with Crippen LogP contribution in [0, 0.1) is 0 Å². The molecule has 0 fully saturated rings. The van der Waals surface area contributed by atoms with Gasteiger partial charge in [0.2, 0.25) is 0 Å². The third kappa shape index (κ3) is 2.76. The van der Waals surface area contributed by atoms with Crippen molar-refractivity contribution in [2.24, 2.45) is 12.0 Å². The summed E-state index contributed by atoms with van der Waals surface area (Å²) in [4.78, 5) is 4.34. The molecule has 0 unspecified atom stereocenters. The number of allylic oxidation sites excluding steroid dienone is 1. The molecule has 17 heavy (non-hydrogen) atoms. The molecule has 0 aliphatic rings. The fraction of sp³-hybridized carbons (Fsp3) is 0.400. The highest BCUT2D eigenvalue weighted by atomic mass is 15.0. The molecule has 2 nitrogen and oxygen atoms in total. The van der Waals surface area contributed by atoms with E-state index < -0.39 is 0 Å². The van der Waals surface area contributed by atoms with Crippen molar-refractivity contribution in [2.75, 3.05) is 0 Å². The van der Waals surface area contributed by atoms with Crippen molar-refractivity contribution in [2.45, 2.75) is 33.6 Å². The standard InChI is InChI=1S/C15H22N2/c1-7-9-11(3)14-10-12(4)15(17(14)6)13(5)16-8-2/h8,10H,3-4,7,9H2,1-2,5-6H3/b15-13+,16-8-. The van der Waals surface area contributed by atoms with Crippen LogP contribution < -0.4 is 10.6 Å². The van der Waals surface area contributed by atoms with Crippen LogP contribution in [0.5, 0.6) is 0 Å². The van der Waals surface area contributed by atoms with Crippen LogP contribution in [0.25, 0.3) is 17.8 Å². The molecule has 1 aromatic heterocycles. The molecule has 0 saturated carbocycles. The Balaban J connectivity index is 3.44. The first kappa shape index (κ1) is 13.5. The average molecular weight is 230 g/mol. The Morgan fingerprint density at radius 1 is 1.53 bits per heavy atom. The second-order valence-corrected chi connectivity index (χ2v) is 4.29. The summed E-state index contributed by atoms with van der Waals surface area (Å²) in [7, 11) is 2.05. The van der Waals surface area contributed by atoms with Gasteiger partial charge in [0, 0.05) is 19.0 Å². The molecule has 0 aromatic carbocycles. The van der Waals surface area contributed by atoms with Crippen molar-refractivity contribution in [1.82, 2.24) is 4.57 Å². The molecule has 2 heteroatoms. The number of hydrogen-bond acceptors (Lipinski definition) is 1. The molecule has 0 spiro atoms. The first-order valence-corrected chi connectivity index (χ1v) is 6.05. The van der Waals surface area contributed by atoms with E-state index >= 15 is 0 Å². The minimum atomic E-state index is 0.996. The summed E-state index contributed by atoms with van der Waals surface area (Å²) >= 11 is 0. The van der Waals surface area contributed by atoms with Gasteiger partial charge in [0.1, 0.15) is 0 Å². The summed E-state index contributed by atoms with van der Waals surface area (Å²) in [6.45, 7) is 14.3. The molecule has 0 bridgehead atoms. The Kier molecular flexibility index (Phi) is 4.50. The monoisotopic (exact) mass is 230 g/mol. The minimum Gasteiger partial charge on any atom is -0.342 e. The van der Waals surface area contributed by atoms with Gasteiger partial charge in [-0.05, 0) is 37.1 Å². The number of hydrogen-bond donors (Lipinski definition) is 0. The van der Waals surface area contributed by atoms with Gasteiger partial charge in [0.15, 0.2) is 0 Å². The van der Waals surface area contributed by atoms with Crippen molar-refractivity contribution < 1.29 is 0 Å². The molecular formula is C15H22N2. The molecule has 0 saturated heterocycles. The Bertz CT molecular complexity index is 544. The fourth-order valence-electron chi connectivity index (χ4n) is 2.17. The third-order valence-electron chi connectivity index (χ3n) is 2.89. The van der Waals surface area contributed by atoms with Crippen LogP contribution in [-0.2, 0) is 7.05 Å². The SMILES string of the molecule is C=C(CCC)c1cc(=C)/c(=C(C)\N=C/C)n1C. The molecule has 0 aliphatic carbocycles. The van der Waals surface area contributed by atoms with Crippen LogP contribution in [0.1, 0.15) is 39.3 Å². The van der Waals surface area contributed by atoms with Crippen LogP contribution >= 0.6 is 0 Å². The zero-order valence-electron chi connectivity index (χ0n) is 11.4. The number of aromatic nitrogens is 1. The zero-order valence-corrected chi connectivity index (χ0v) is 11.4. The molecule has 1 rings (SSSR count). The first-order chi connectivity index (χ1) is 8.02. The highest BCUT2D eigenvalue weighted by molar-refractivity contribution is 5.64. The van der Waals surface area contributed by atoms with Crippen molar-refractivity contribution in [3.63, 3.8) is 0 Å². The molecule has 1 heterocycles. The lowest BCUT2D eigenvalue weighted by Crippen LogP contribution is -2.28. The third-order valence-corrected chi connectivity index (χ3v) is 2.89. The van der Waals surface area contributed by atoms with Crippen LogP contribution in [0.15, 0.2) is 17.6 Å². The van der Waals surface area contributed by atoms with E-state index in [1.165, 1.54) is 5.57 Å². The summed E-state index contributed by atoms with van der Waals surface area (Å²) < 4.78 is 2.14. The second kappa shape index (κ2) is 5.67. The molecule has 0 radical (unpaired) electrons. The van der Waals surface area contributed by atoms with Crippen LogP contribution in [0.2, 0.25) is 0 Å². The summed E-state index contributed by atoms with van der Waals surface area (Å²) in [5.74, 6) is 0. The van der Waals surface area contributed by atoms with Gasteiger partial charge in [-0.25, -0.2) is 0 Å². The van der Waals surface area contributed by atoms with Crippen molar-refractivity contribution in [1.29, 1.82) is 0 Å². The lowest BCUT2D eigenvalue weighted by Gasteiger charge is -2.06. The van der Waals surface area contributed by atoms with Crippen molar-refractivity contribution >= 4 is 24.1 Å². The molecule has 1 aromatic rings. The van der Waals surface area contributed by atoms with Gasteiger partial charge < -0.3 is 4.57 Å². The number of nitrogens with zero attached hydrogens (tertiary/aromatic N) is 2. The highest BCUT2D eigenvalue weighted by Gasteiger charge is 2.06. The minimum absolute atomic E-state index is 0.996. The average Bonchev–Trinajstić information content (AvgIpc) is 2.55. The van der Waals surface area contributed by atoms with Gasteiger partial charge in [-0.3, -0.25) is 4.99 Å². The Labute approximate surface area is 104 Å². The van der Waals surface area contributed by atoms with E-state index in [0.29, 0.717) is 0 Å². The molecule has 0 atom stereocenters. The first-order valence-electron chi connectivity index (χ1n) is 6.05. The predicted molar refractivity (Wildman–Crippen MR) is 77.4 cm³/mol. The zero-order chi connectivity index (χ0) is 13.0. The summed E-state index contributed by atoms with van der Waals surface area (Å²) in [5.41, 5.74) is 3.33. The van der Waals surface area contributed by atoms with E-state index in [2.05, 4.69) is 42.8 Å². The van der Waals surface area contributed by atoms with E-state index in [-0.39, 0.29) is 0 Å². The van der Waals surface area contributed by atoms with Gasteiger partial charge in [0.05, 0.1) is 11.0 Å². The Morgan fingerprint density at radius 3 is 2.71 bits per heavy atom. The molecule has 92 valence electrons. The van der Waals surface area contributed by atoms with Crippen LogP contribution in [0.4, 0.5) is 0 Å². The quantitative estimate of drug-likeness (QED) is 0.707. The van der Waals surface area contributed by atoms with E-state index in [1.54, 1.807) is 0 Å². The topological polar surface area (TPSA) is 17.3 Å². The maximum atomic E-state index is 4.34. The Morgan fingerprint density at radius 2 is 2.18 bits per heavy atom. The number of aliphatic imine (C=N–C) groups is 1. The lowest BCUT2D eigenvalue weighted by molar-refractivity contribution is 0.850. The van der Waals surface area contributed by atoms with Gasteiger partial charge in [-0.15, -0.1) is 0 Å². The summed E-state index contributed by atoms with van der Waals surface area (Å²) in [5, 5.41) is 2.11. The molecule has 0 aliphatic heterocycles. The predicted octanol–water partition coefficient (Wildman–Crippen LogP) is 2.47. The van der Waals surface area contributed by atoms with E-state index in [9.17, 15) is 0 Å². The highest BCUT2D eigenvalue weighted by Crippen LogP contribution is 2.14. The van der Waals surface area contributed by atoms with Gasteiger partial charge in [-0.2, -0.15) is 0 Å². The van der Waals surface area contributed by atoms with Crippen LogP contribution in [0.3, 0.4) is 0 Å². The summed E-state index contributed by atoms with van der Waals surface area (Å²) in [6, 6.07) is 2.10. The van der Waals surface area contributed by atoms with E-state index in [0.717, 1.165) is 34.8 Å². The van der Waals surface area contributed by atoms with Gasteiger partial charge in [-0.1, -0.05) is 26.5 Å². The van der Waals surface area contributed by atoms with Crippen molar-refractivity contribution in [3.8, 4) is 0 Å². The molecule has 0 amide bonds. The largest absolute Gasteiger partial charge is 0.342 e. The summed E-state index contributed by atoms with van der Waals surface area (Å²) in [6.07, 6.45) is 3.94. The van der Waals surface area contributed by atoms with E-state index in [4.69, 9.17) is 0 Å². The van der Waals surface area contributed by atoms with E-state index in [1.807, 2.05) is 20.1 Å². The second-order valence-electron chi connectivity index (χ2n) is 4.29. The van der Waals surface area contributed by atoms with Crippen LogP contribution in [-0.4, -0.2) is 10.8 Å². The van der Waals surface area contributed by atoms with Crippen molar-refractivity contribution in [3.05, 3.63) is 28.9 Å². The maximum absolute atomic E-state index is 4.34. The maximum Gasteiger partial charge on any atom is 0.0692 e. The Hall–Kier alpha value is -1.57. The van der Waals surface area contributed by atoms with Gasteiger partial charge >= 0.3 is 0 Å². The number of rotatable bonds is 4. The lowest BCUT2D eigenvalue weighted by atomic mass is 10.1. The molecule has 0 N–H and O–H groups in total.